The molecule has 1 unspecified atom stereocenters. The van der Waals surface area contributed by atoms with Gasteiger partial charge in [-0.05, 0) is 30.9 Å². The van der Waals surface area contributed by atoms with Crippen LogP contribution in [0.4, 0.5) is 0 Å². The Bertz CT molecular complexity index is 553. The number of nitrogens with zero attached hydrogens (tertiary/aromatic N) is 1. The molecule has 0 fully saturated rings. The lowest BCUT2D eigenvalue weighted by molar-refractivity contribution is 0.0788. The van der Waals surface area contributed by atoms with Crippen LogP contribution in [0.3, 0.4) is 0 Å². The smallest absolute Gasteiger partial charge is 0.253 e. The zero-order chi connectivity index (χ0) is 18.3. The summed E-state index contributed by atoms with van der Waals surface area (Å²) in [5, 5.41) is 0.374. The molecule has 0 spiro atoms. The summed E-state index contributed by atoms with van der Waals surface area (Å²) in [6.45, 7) is 7.29. The van der Waals surface area contributed by atoms with Gasteiger partial charge in [-0.1, -0.05) is 32.4 Å². The van der Waals surface area contributed by atoms with Crippen LogP contribution in [0.25, 0.3) is 0 Å². The third-order valence-electron chi connectivity index (χ3n) is 3.93. The lowest BCUT2D eigenvalue weighted by Gasteiger charge is -2.22. The molecule has 2 N–H and O–H groups in total. The van der Waals surface area contributed by atoms with E-state index in [0.29, 0.717) is 41.2 Å². The van der Waals surface area contributed by atoms with E-state index in [2.05, 4.69) is 13.8 Å². The Hall–Kier alpha value is -1.17. The maximum atomic E-state index is 12.6. The number of methoxy groups -OCH3 is 1. The van der Waals surface area contributed by atoms with Gasteiger partial charge in [0.15, 0.2) is 11.5 Å². The second kappa shape index (κ2) is 11.4. The van der Waals surface area contributed by atoms with E-state index in [-0.39, 0.29) is 24.4 Å². The van der Waals surface area contributed by atoms with Crippen molar-refractivity contribution in [2.45, 2.75) is 39.7 Å². The second-order valence-electron chi connectivity index (χ2n) is 6.26. The van der Waals surface area contributed by atoms with Crippen LogP contribution < -0.4 is 15.2 Å². The van der Waals surface area contributed by atoms with Gasteiger partial charge < -0.3 is 20.1 Å². The van der Waals surface area contributed by atoms with Crippen molar-refractivity contribution in [1.29, 1.82) is 0 Å². The SMILES string of the molecule is CCCOc1c(Cl)cc(C(=O)N(C)CCC(N)C(C)C)cc1OC.Cl. The second-order valence-corrected chi connectivity index (χ2v) is 6.67. The lowest BCUT2D eigenvalue weighted by atomic mass is 10.0. The lowest BCUT2D eigenvalue weighted by Crippen LogP contribution is -2.34. The van der Waals surface area contributed by atoms with Gasteiger partial charge in [0.25, 0.3) is 5.91 Å². The molecular weight excluding hydrogens is 363 g/mol. The summed E-state index contributed by atoms with van der Waals surface area (Å²) in [4.78, 5) is 14.3. The first kappa shape index (κ1) is 23.8. The summed E-state index contributed by atoms with van der Waals surface area (Å²) in [7, 11) is 3.29. The molecule has 0 aromatic heterocycles. The number of carbonyl (C=O) groups is 1. The van der Waals surface area contributed by atoms with Crippen molar-refractivity contribution in [3.63, 3.8) is 0 Å². The van der Waals surface area contributed by atoms with Gasteiger partial charge in [0, 0.05) is 25.2 Å². The molecule has 0 aliphatic heterocycles. The van der Waals surface area contributed by atoms with E-state index >= 15 is 0 Å². The Morgan fingerprint density at radius 2 is 2.00 bits per heavy atom. The van der Waals surface area contributed by atoms with Crippen molar-refractivity contribution in [3.05, 3.63) is 22.7 Å². The monoisotopic (exact) mass is 392 g/mol. The minimum absolute atomic E-state index is 0. The molecule has 0 saturated carbocycles. The average Bonchev–Trinajstić information content (AvgIpc) is 2.56. The number of halogens is 2. The van der Waals surface area contributed by atoms with Crippen LogP contribution in [0.2, 0.25) is 5.02 Å². The van der Waals surface area contributed by atoms with E-state index in [1.807, 2.05) is 6.92 Å². The number of hydrogen-bond acceptors (Lipinski definition) is 4. The van der Waals surface area contributed by atoms with Crippen molar-refractivity contribution < 1.29 is 14.3 Å². The maximum absolute atomic E-state index is 12.6. The first-order chi connectivity index (χ1) is 11.3. The molecule has 0 saturated heterocycles. The van der Waals surface area contributed by atoms with Crippen molar-refractivity contribution >= 4 is 29.9 Å². The minimum Gasteiger partial charge on any atom is -0.493 e. The van der Waals surface area contributed by atoms with Crippen molar-refractivity contribution in [2.75, 3.05) is 27.3 Å². The highest BCUT2D eigenvalue weighted by Gasteiger charge is 2.19. The summed E-state index contributed by atoms with van der Waals surface area (Å²) >= 11 is 6.27. The third-order valence-corrected chi connectivity index (χ3v) is 4.21. The number of nitrogens with two attached hydrogens (primary N) is 1. The van der Waals surface area contributed by atoms with E-state index in [0.717, 1.165) is 12.8 Å². The molecular formula is C18H30Cl2N2O3. The van der Waals surface area contributed by atoms with Crippen LogP contribution in [-0.2, 0) is 0 Å². The molecule has 144 valence electrons. The molecule has 25 heavy (non-hydrogen) atoms. The van der Waals surface area contributed by atoms with Crippen LogP contribution in [0.15, 0.2) is 12.1 Å². The van der Waals surface area contributed by atoms with Gasteiger partial charge >= 0.3 is 0 Å². The maximum Gasteiger partial charge on any atom is 0.253 e. The zero-order valence-electron chi connectivity index (χ0n) is 15.7. The van der Waals surface area contributed by atoms with Gasteiger partial charge in [-0.15, -0.1) is 12.4 Å². The predicted octanol–water partition coefficient (Wildman–Crippen LogP) is 4.00. The van der Waals surface area contributed by atoms with Crippen LogP contribution in [0.5, 0.6) is 11.5 Å². The number of carbonyl (C=O) groups excluding carboxylic acids is 1. The first-order valence-corrected chi connectivity index (χ1v) is 8.70. The van der Waals surface area contributed by atoms with Crippen LogP contribution >= 0.6 is 24.0 Å². The molecule has 5 nitrogen and oxygen atoms in total. The minimum atomic E-state index is -0.117. The Kier molecular flexibility index (Phi) is 10.9. The Balaban J connectivity index is 0.00000576. The number of benzene rings is 1. The Morgan fingerprint density at radius 1 is 1.36 bits per heavy atom. The van der Waals surface area contributed by atoms with Crippen molar-refractivity contribution in [3.8, 4) is 11.5 Å². The van der Waals surface area contributed by atoms with Gasteiger partial charge in [0.05, 0.1) is 18.7 Å². The average molecular weight is 393 g/mol. The highest BCUT2D eigenvalue weighted by molar-refractivity contribution is 6.32. The van der Waals surface area contributed by atoms with E-state index in [1.165, 1.54) is 7.11 Å². The first-order valence-electron chi connectivity index (χ1n) is 8.33. The number of ether oxygens (including phenoxy) is 2. The largest absolute Gasteiger partial charge is 0.493 e. The molecule has 1 aromatic rings. The Labute approximate surface area is 162 Å². The summed E-state index contributed by atoms with van der Waals surface area (Å²) in [6.07, 6.45) is 1.61. The van der Waals surface area contributed by atoms with E-state index in [9.17, 15) is 4.79 Å². The molecule has 7 heteroatoms. The predicted molar refractivity (Wildman–Crippen MR) is 105 cm³/mol. The third kappa shape index (κ3) is 6.92. The molecule has 1 amide bonds. The summed E-state index contributed by atoms with van der Waals surface area (Å²) in [5.74, 6) is 1.21. The van der Waals surface area contributed by atoms with Crippen LogP contribution in [0, 0.1) is 5.92 Å². The van der Waals surface area contributed by atoms with E-state index in [1.54, 1.807) is 24.1 Å². The summed E-state index contributed by atoms with van der Waals surface area (Å²) in [5.41, 5.74) is 6.52. The molecule has 0 bridgehead atoms. The molecule has 0 aliphatic rings. The van der Waals surface area contributed by atoms with Crippen LogP contribution in [0.1, 0.15) is 44.0 Å². The molecule has 0 radical (unpaired) electrons. The zero-order valence-corrected chi connectivity index (χ0v) is 17.2. The quantitative estimate of drug-likeness (QED) is 0.689. The molecule has 0 aliphatic carbocycles. The van der Waals surface area contributed by atoms with Crippen molar-refractivity contribution in [2.24, 2.45) is 11.7 Å². The molecule has 1 rings (SSSR count). The summed E-state index contributed by atoms with van der Waals surface area (Å²) in [6, 6.07) is 3.36. The summed E-state index contributed by atoms with van der Waals surface area (Å²) < 4.78 is 10.9. The fraction of sp³-hybridized carbons (Fsp3) is 0.611. The van der Waals surface area contributed by atoms with Gasteiger partial charge in [-0.3, -0.25) is 4.79 Å². The fourth-order valence-corrected chi connectivity index (χ4v) is 2.45. The fourth-order valence-electron chi connectivity index (χ4n) is 2.19. The number of rotatable bonds is 9. The number of amides is 1. The van der Waals surface area contributed by atoms with Gasteiger partial charge in [0.2, 0.25) is 0 Å². The Morgan fingerprint density at radius 3 is 2.52 bits per heavy atom. The molecule has 0 heterocycles. The molecule has 1 atom stereocenters. The highest BCUT2D eigenvalue weighted by atomic mass is 35.5. The van der Waals surface area contributed by atoms with Gasteiger partial charge in [0.1, 0.15) is 0 Å². The standard InChI is InChI=1S/C18H29ClN2O3.ClH/c1-6-9-24-17-14(19)10-13(11-16(17)23-5)18(22)21(4)8-7-15(20)12(2)3;/h10-12,15H,6-9,20H2,1-5H3;1H. The topological polar surface area (TPSA) is 64.8 Å². The van der Waals surface area contributed by atoms with E-state index in [4.69, 9.17) is 26.8 Å². The van der Waals surface area contributed by atoms with Gasteiger partial charge in [-0.2, -0.15) is 0 Å². The molecule has 1 aromatic carbocycles. The van der Waals surface area contributed by atoms with Crippen molar-refractivity contribution in [1.82, 2.24) is 4.90 Å². The normalized spacial score (nSPS) is 11.7. The van der Waals surface area contributed by atoms with Gasteiger partial charge in [-0.25, -0.2) is 0 Å². The van der Waals surface area contributed by atoms with E-state index < -0.39 is 0 Å². The highest BCUT2D eigenvalue weighted by Crippen LogP contribution is 2.36. The number of hydrogen-bond donors (Lipinski definition) is 1. The van der Waals surface area contributed by atoms with Crippen LogP contribution in [-0.4, -0.2) is 44.2 Å².